The quantitative estimate of drug-likeness (QED) is 0.662. The molecule has 0 radical (unpaired) electrons. The molecule has 7 nitrogen and oxygen atoms in total. The number of rotatable bonds is 5. The van der Waals surface area contributed by atoms with E-state index in [1.807, 2.05) is 0 Å². The van der Waals surface area contributed by atoms with Crippen molar-refractivity contribution in [2.45, 2.75) is 11.6 Å². The summed E-state index contributed by atoms with van der Waals surface area (Å²) in [6.45, 7) is 1.18. The third kappa shape index (κ3) is 4.09. The van der Waals surface area contributed by atoms with Crippen molar-refractivity contribution in [2.24, 2.45) is 0 Å². The van der Waals surface area contributed by atoms with Crippen LogP contribution in [-0.2, 0) is 4.79 Å². The van der Waals surface area contributed by atoms with Crippen LogP contribution in [0.25, 0.3) is 5.69 Å². The van der Waals surface area contributed by atoms with Crippen LogP contribution in [0.1, 0.15) is 6.42 Å². The molecule has 3 aromatic rings. The van der Waals surface area contributed by atoms with Gasteiger partial charge < -0.3 is 14.8 Å². The number of aromatic nitrogens is 3. The fourth-order valence-electron chi connectivity index (χ4n) is 2.70. The maximum absolute atomic E-state index is 14.0. The second-order valence-corrected chi connectivity index (χ2v) is 6.93. The van der Waals surface area contributed by atoms with E-state index in [-0.39, 0.29) is 17.5 Å². The summed E-state index contributed by atoms with van der Waals surface area (Å²) in [4.78, 5) is 12.3. The number of anilines is 1. The highest BCUT2D eigenvalue weighted by Crippen LogP contribution is 2.32. The summed E-state index contributed by atoms with van der Waals surface area (Å²) in [6.07, 6.45) is 2.23. The molecule has 0 unspecified atom stereocenters. The van der Waals surface area contributed by atoms with Crippen LogP contribution in [0.3, 0.4) is 0 Å². The van der Waals surface area contributed by atoms with E-state index in [0.29, 0.717) is 41.2 Å². The maximum atomic E-state index is 14.0. The molecule has 0 atom stereocenters. The summed E-state index contributed by atoms with van der Waals surface area (Å²) in [5, 5.41) is 11.0. The molecule has 0 spiro atoms. The number of amides is 1. The van der Waals surface area contributed by atoms with Crippen LogP contribution in [0.4, 0.5) is 10.1 Å². The van der Waals surface area contributed by atoms with Gasteiger partial charge >= 0.3 is 0 Å². The lowest BCUT2D eigenvalue weighted by Crippen LogP contribution is -2.14. The topological polar surface area (TPSA) is 78.3 Å². The largest absolute Gasteiger partial charge is 0.490 e. The van der Waals surface area contributed by atoms with E-state index in [1.165, 1.54) is 28.7 Å². The molecule has 2 heterocycles. The molecule has 4 rings (SSSR count). The Morgan fingerprint density at radius 3 is 2.86 bits per heavy atom. The molecular weight excluding hydrogens is 383 g/mol. The van der Waals surface area contributed by atoms with Gasteiger partial charge in [0.05, 0.1) is 24.7 Å². The lowest BCUT2D eigenvalue weighted by molar-refractivity contribution is -0.113. The molecule has 9 heteroatoms. The van der Waals surface area contributed by atoms with Crippen LogP contribution in [0.2, 0.25) is 0 Å². The van der Waals surface area contributed by atoms with E-state index in [2.05, 4.69) is 15.5 Å². The zero-order chi connectivity index (χ0) is 19.3. The lowest BCUT2D eigenvalue weighted by atomic mass is 10.2. The van der Waals surface area contributed by atoms with Crippen LogP contribution < -0.4 is 14.8 Å². The highest BCUT2D eigenvalue weighted by molar-refractivity contribution is 7.99. The van der Waals surface area contributed by atoms with Crippen molar-refractivity contribution < 1.29 is 18.7 Å². The van der Waals surface area contributed by atoms with Crippen molar-refractivity contribution in [2.75, 3.05) is 24.3 Å². The summed E-state index contributed by atoms with van der Waals surface area (Å²) in [6, 6.07) is 11.6. The highest BCUT2D eigenvalue weighted by atomic mass is 32.2. The molecule has 144 valence electrons. The summed E-state index contributed by atoms with van der Waals surface area (Å²) in [5.41, 5.74) is 0.948. The molecular formula is C19H17FN4O3S. The van der Waals surface area contributed by atoms with Crippen molar-refractivity contribution in [3.63, 3.8) is 0 Å². The zero-order valence-electron chi connectivity index (χ0n) is 14.8. The first kappa shape index (κ1) is 18.3. The number of benzene rings is 2. The van der Waals surface area contributed by atoms with E-state index < -0.39 is 0 Å². The van der Waals surface area contributed by atoms with Gasteiger partial charge in [-0.25, -0.2) is 4.39 Å². The Bertz CT molecular complexity index is 995. The Morgan fingerprint density at radius 1 is 1.18 bits per heavy atom. The first-order valence-electron chi connectivity index (χ1n) is 8.68. The smallest absolute Gasteiger partial charge is 0.234 e. The minimum Gasteiger partial charge on any atom is -0.490 e. The number of carbonyl (C=O) groups excluding carboxylic acids is 1. The summed E-state index contributed by atoms with van der Waals surface area (Å²) in [5.74, 6) is 0.773. The van der Waals surface area contributed by atoms with Crippen molar-refractivity contribution in [1.29, 1.82) is 0 Å². The highest BCUT2D eigenvalue weighted by Gasteiger charge is 2.14. The number of nitrogens with zero attached hydrogens (tertiary/aromatic N) is 3. The van der Waals surface area contributed by atoms with Crippen LogP contribution in [-0.4, -0.2) is 39.6 Å². The molecule has 0 fully saturated rings. The fraction of sp³-hybridized carbons (Fsp3) is 0.211. The molecule has 0 aliphatic carbocycles. The number of hydrogen-bond donors (Lipinski definition) is 1. The summed E-state index contributed by atoms with van der Waals surface area (Å²) >= 11 is 1.17. The number of hydrogen-bond acceptors (Lipinski definition) is 6. The molecule has 28 heavy (non-hydrogen) atoms. The molecule has 1 aromatic heterocycles. The Labute approximate surface area is 164 Å². The van der Waals surface area contributed by atoms with E-state index in [1.54, 1.807) is 36.4 Å². The van der Waals surface area contributed by atoms with E-state index in [0.717, 1.165) is 6.42 Å². The first-order chi connectivity index (χ1) is 13.7. The van der Waals surface area contributed by atoms with Gasteiger partial charge in [0.1, 0.15) is 12.1 Å². The number of thioether (sulfide) groups is 1. The van der Waals surface area contributed by atoms with Crippen LogP contribution in [0.15, 0.2) is 53.9 Å². The Balaban J connectivity index is 1.40. The molecule has 2 aromatic carbocycles. The number of carbonyl (C=O) groups is 1. The van der Waals surface area contributed by atoms with Crippen molar-refractivity contribution >= 4 is 23.4 Å². The van der Waals surface area contributed by atoms with Gasteiger partial charge in [0.25, 0.3) is 0 Å². The zero-order valence-corrected chi connectivity index (χ0v) is 15.6. The van der Waals surface area contributed by atoms with Gasteiger partial charge in [0.15, 0.2) is 16.7 Å². The first-order valence-corrected chi connectivity index (χ1v) is 9.66. The second-order valence-electron chi connectivity index (χ2n) is 5.98. The predicted octanol–water partition coefficient (Wildman–Crippen LogP) is 3.30. The monoisotopic (exact) mass is 400 g/mol. The predicted molar refractivity (Wildman–Crippen MR) is 103 cm³/mol. The van der Waals surface area contributed by atoms with E-state index >= 15 is 0 Å². The van der Waals surface area contributed by atoms with Gasteiger partial charge in [-0.3, -0.25) is 9.36 Å². The van der Waals surface area contributed by atoms with Gasteiger partial charge in [-0.2, -0.15) is 0 Å². The molecule has 0 saturated carbocycles. The number of nitrogens with one attached hydrogen (secondary N) is 1. The van der Waals surface area contributed by atoms with Crippen molar-refractivity contribution in [3.8, 4) is 17.2 Å². The maximum Gasteiger partial charge on any atom is 0.234 e. The Kier molecular flexibility index (Phi) is 5.43. The fourth-order valence-corrected chi connectivity index (χ4v) is 3.43. The SMILES string of the molecule is O=C(CSc1nncn1-c1ccccc1F)Nc1ccc2c(c1)OCCCO2. The minimum atomic E-state index is -0.388. The Morgan fingerprint density at radius 2 is 2.00 bits per heavy atom. The number of ether oxygens (including phenoxy) is 2. The molecule has 0 saturated heterocycles. The molecule has 1 amide bonds. The minimum absolute atomic E-state index is 0.0988. The van der Waals surface area contributed by atoms with Gasteiger partial charge in [-0.1, -0.05) is 23.9 Å². The van der Waals surface area contributed by atoms with Gasteiger partial charge in [0, 0.05) is 18.2 Å². The Hall–Kier alpha value is -3.07. The molecule has 1 aliphatic heterocycles. The number of halogens is 1. The second kappa shape index (κ2) is 8.30. The summed E-state index contributed by atoms with van der Waals surface area (Å²) in [7, 11) is 0. The normalized spacial score (nSPS) is 13.0. The average molecular weight is 400 g/mol. The molecule has 1 N–H and O–H groups in total. The standard InChI is InChI=1S/C19H17FN4O3S/c20-14-4-1-2-5-15(14)24-12-21-23-19(24)28-11-18(25)22-13-6-7-16-17(10-13)27-9-3-8-26-16/h1-2,4-7,10,12H,3,8-9,11H2,(H,22,25). The number of para-hydroxylation sites is 1. The van der Waals surface area contributed by atoms with E-state index in [9.17, 15) is 9.18 Å². The average Bonchev–Trinajstić information content (AvgIpc) is 3.03. The lowest BCUT2D eigenvalue weighted by Gasteiger charge is -2.10. The van der Waals surface area contributed by atoms with Crippen molar-refractivity contribution in [3.05, 3.63) is 54.6 Å². The number of fused-ring (bicyclic) bond motifs is 1. The van der Waals surface area contributed by atoms with Gasteiger partial charge in [0.2, 0.25) is 5.91 Å². The molecule has 0 bridgehead atoms. The third-order valence-corrected chi connectivity index (χ3v) is 4.94. The molecule has 1 aliphatic rings. The third-order valence-electron chi connectivity index (χ3n) is 3.99. The van der Waals surface area contributed by atoms with Gasteiger partial charge in [-0.05, 0) is 24.3 Å². The van der Waals surface area contributed by atoms with Crippen LogP contribution in [0, 0.1) is 5.82 Å². The summed E-state index contributed by atoms with van der Waals surface area (Å²) < 4.78 is 26.7. The van der Waals surface area contributed by atoms with E-state index in [4.69, 9.17) is 9.47 Å². The van der Waals surface area contributed by atoms with Crippen molar-refractivity contribution in [1.82, 2.24) is 14.8 Å². The van der Waals surface area contributed by atoms with Gasteiger partial charge in [-0.15, -0.1) is 10.2 Å². The van der Waals surface area contributed by atoms with Crippen LogP contribution in [0.5, 0.6) is 11.5 Å². The van der Waals surface area contributed by atoms with Crippen LogP contribution >= 0.6 is 11.8 Å².